The largest absolute Gasteiger partial charge is 0.376 e. The average Bonchev–Trinajstić information content (AvgIpc) is 3.27. The molecule has 0 radical (unpaired) electrons. The number of likely N-dealkylation sites (tertiary alicyclic amines) is 2. The molecule has 3 aliphatic carbocycles. The highest BCUT2D eigenvalue weighted by Crippen LogP contribution is 2.88. The van der Waals surface area contributed by atoms with Crippen molar-refractivity contribution in [2.45, 2.75) is 196 Å². The summed E-state index contributed by atoms with van der Waals surface area (Å²) in [7, 11) is 0. The van der Waals surface area contributed by atoms with Gasteiger partial charge in [-0.2, -0.15) is 0 Å². The van der Waals surface area contributed by atoms with E-state index in [0.717, 1.165) is 70.0 Å². The Bertz CT molecular complexity index is 1500. The zero-order valence-corrected chi connectivity index (χ0v) is 36.2. The number of piperidine rings is 1. The molecule has 0 aromatic carbocycles. The lowest BCUT2D eigenvalue weighted by Crippen LogP contribution is -2.62. The highest BCUT2D eigenvalue weighted by atomic mass is 16.2. The van der Waals surface area contributed by atoms with Crippen molar-refractivity contribution in [2.75, 3.05) is 13.1 Å². The van der Waals surface area contributed by atoms with E-state index in [1.807, 2.05) is 48.5 Å². The first-order chi connectivity index (χ1) is 25.5. The summed E-state index contributed by atoms with van der Waals surface area (Å²) in [6.45, 7) is 28.8. The quantitative estimate of drug-likeness (QED) is 0.136. The number of carbonyl (C=O) groups is 4. The molecule has 310 valence electrons. The van der Waals surface area contributed by atoms with Crippen LogP contribution in [0.2, 0.25) is 0 Å². The third-order valence-electron chi connectivity index (χ3n) is 14.8. The molecule has 0 unspecified atom stereocenters. The molecule has 55 heavy (non-hydrogen) atoms. The number of hydrogen-bond acceptors (Lipinski definition) is 7. The van der Waals surface area contributed by atoms with Crippen molar-refractivity contribution in [3.63, 3.8) is 0 Å². The Morgan fingerprint density at radius 1 is 0.836 bits per heavy atom. The first kappa shape index (κ1) is 43.2. The predicted octanol–water partition coefficient (Wildman–Crippen LogP) is 6.07. The summed E-state index contributed by atoms with van der Waals surface area (Å²) < 4.78 is 0. The summed E-state index contributed by atoms with van der Waals surface area (Å²) in [5, 5.41) is 21.6. The van der Waals surface area contributed by atoms with Crippen LogP contribution in [0.15, 0.2) is 12.3 Å². The average molecular weight is 766 g/mol. The lowest BCUT2D eigenvalue weighted by molar-refractivity contribution is -0.144. The third-order valence-corrected chi connectivity index (χ3v) is 14.8. The fourth-order valence-corrected chi connectivity index (χ4v) is 10.8. The van der Waals surface area contributed by atoms with Gasteiger partial charge in [0.25, 0.3) is 5.91 Å². The van der Waals surface area contributed by atoms with E-state index in [1.165, 1.54) is 0 Å². The van der Waals surface area contributed by atoms with Crippen molar-refractivity contribution in [2.24, 2.45) is 27.1 Å². The second-order valence-electron chi connectivity index (χ2n) is 20.8. The maximum atomic E-state index is 15.1. The zero-order valence-electron chi connectivity index (χ0n) is 36.2. The van der Waals surface area contributed by atoms with Gasteiger partial charge in [0.2, 0.25) is 17.7 Å². The topological polar surface area (TPSA) is 147 Å². The molecular weight excluding hydrogens is 691 g/mol. The normalized spacial score (nSPS) is 27.7. The van der Waals surface area contributed by atoms with E-state index in [-0.39, 0.29) is 51.8 Å². The number of nitrogens with zero attached hydrogens (tertiary/aromatic N) is 2. The van der Waals surface area contributed by atoms with Gasteiger partial charge in [-0.05, 0) is 99.8 Å². The molecule has 3 saturated carbocycles. The second kappa shape index (κ2) is 15.8. The standard InChI is InChI=1S/C44H75N7O4/c1-13-18-30(33(45)37(53)47-29-19-16-20-29)48-36(52)32-25-44(42(11,12)43(44)22-17-23-43)26-51(32)39(55)35(41(8,9)10)49-38(54)34(40(5,6)7)46-28(4)31-21-14-15-24-50(31)27(2)3/h27,29-32,34-35,45-46H,4,13-26H2,1-3,5-12H3,(H,47,53)(H,48,52)(H,49,54)/t30-,31-,32-,34+,35+,44+/m0/s1. The minimum absolute atomic E-state index is 0.0466. The van der Waals surface area contributed by atoms with Gasteiger partial charge >= 0.3 is 0 Å². The SMILES string of the molecule is C=C(N[C@H](C(=O)N[C@H](C(=O)N1C[C@]2(C[C@H]1C(=O)N[C@@H](CCC)C(=N)C(=O)NC1CCC1)C(C)(C)C21CCC1)C(C)(C)C)C(C)(C)C)[C@@H]1CCCCN1C(C)C. The summed E-state index contributed by atoms with van der Waals surface area (Å²) in [5.41, 5.74) is -0.647. The van der Waals surface area contributed by atoms with Crippen LogP contribution >= 0.6 is 0 Å². The third kappa shape index (κ3) is 7.98. The Morgan fingerprint density at radius 3 is 1.96 bits per heavy atom. The van der Waals surface area contributed by atoms with Gasteiger partial charge in [0.05, 0.1) is 6.04 Å². The minimum atomic E-state index is -0.899. The van der Waals surface area contributed by atoms with Gasteiger partial charge in [-0.1, -0.05) is 88.2 Å². The zero-order chi connectivity index (χ0) is 40.9. The fraction of sp³-hybridized carbons (Fsp3) is 0.841. The highest BCUT2D eigenvalue weighted by Gasteiger charge is 2.85. The molecule has 11 heteroatoms. The van der Waals surface area contributed by atoms with Crippen molar-refractivity contribution in [3.8, 4) is 0 Å². The fourth-order valence-electron chi connectivity index (χ4n) is 10.8. The van der Waals surface area contributed by atoms with E-state index in [4.69, 9.17) is 5.41 Å². The number of rotatable bonds is 14. The first-order valence-electron chi connectivity index (χ1n) is 21.5. The maximum absolute atomic E-state index is 15.1. The maximum Gasteiger partial charge on any atom is 0.267 e. The number of hydrogen-bond donors (Lipinski definition) is 5. The van der Waals surface area contributed by atoms with Crippen LogP contribution in [0.1, 0.15) is 153 Å². The number of carbonyl (C=O) groups excluding carboxylic acids is 4. The van der Waals surface area contributed by atoms with Crippen LogP contribution in [-0.2, 0) is 19.2 Å². The van der Waals surface area contributed by atoms with Crippen LogP contribution in [-0.4, -0.2) is 94.5 Å². The number of nitrogens with one attached hydrogen (secondary N) is 5. The molecule has 2 spiro atoms. The van der Waals surface area contributed by atoms with Gasteiger partial charge in [0.15, 0.2) is 0 Å². The molecule has 5 N–H and O–H groups in total. The molecule has 5 aliphatic rings. The van der Waals surface area contributed by atoms with Crippen molar-refractivity contribution in [3.05, 3.63) is 12.3 Å². The predicted molar refractivity (Wildman–Crippen MR) is 219 cm³/mol. The monoisotopic (exact) mass is 766 g/mol. The number of fused-ring (bicyclic) bond motifs is 1. The Morgan fingerprint density at radius 2 is 1.47 bits per heavy atom. The lowest BCUT2D eigenvalue weighted by atomic mass is 9.73. The van der Waals surface area contributed by atoms with Gasteiger partial charge in [0.1, 0.15) is 23.8 Å². The molecule has 6 atom stereocenters. The Hall–Kier alpha value is -2.95. The van der Waals surface area contributed by atoms with Crippen LogP contribution in [0.5, 0.6) is 0 Å². The molecule has 2 saturated heterocycles. The second-order valence-corrected chi connectivity index (χ2v) is 20.8. The molecule has 4 amide bonds. The molecule has 2 heterocycles. The summed E-state index contributed by atoms with van der Waals surface area (Å²) >= 11 is 0. The van der Waals surface area contributed by atoms with E-state index in [0.29, 0.717) is 31.8 Å². The van der Waals surface area contributed by atoms with E-state index in [2.05, 4.69) is 60.4 Å². The lowest BCUT2D eigenvalue weighted by Gasteiger charge is -2.42. The highest BCUT2D eigenvalue weighted by molar-refractivity contribution is 6.40. The van der Waals surface area contributed by atoms with E-state index in [1.54, 1.807) is 4.90 Å². The Kier molecular flexibility index (Phi) is 12.4. The summed E-state index contributed by atoms with van der Waals surface area (Å²) in [6.07, 6.45) is 11.1. The van der Waals surface area contributed by atoms with E-state index in [9.17, 15) is 14.4 Å². The summed E-state index contributed by atoms with van der Waals surface area (Å²) in [4.78, 5) is 61.5. The van der Waals surface area contributed by atoms with Gasteiger partial charge in [0, 0.05) is 35.8 Å². The van der Waals surface area contributed by atoms with E-state index < -0.39 is 40.9 Å². The summed E-state index contributed by atoms with van der Waals surface area (Å²) in [5.74, 6) is -1.28. The smallest absolute Gasteiger partial charge is 0.267 e. The van der Waals surface area contributed by atoms with Crippen molar-refractivity contribution < 1.29 is 19.2 Å². The van der Waals surface area contributed by atoms with Gasteiger partial charge in [-0.25, -0.2) is 0 Å². The summed E-state index contributed by atoms with van der Waals surface area (Å²) in [6, 6.07) is -2.52. The van der Waals surface area contributed by atoms with Gasteiger partial charge < -0.3 is 26.2 Å². The molecular formula is C44H75N7O4. The molecule has 2 aliphatic heterocycles. The van der Waals surface area contributed by atoms with Crippen LogP contribution in [0.4, 0.5) is 0 Å². The molecule has 0 aromatic heterocycles. The molecule has 0 bridgehead atoms. The molecule has 0 aromatic rings. The van der Waals surface area contributed by atoms with Crippen LogP contribution in [0.3, 0.4) is 0 Å². The minimum Gasteiger partial charge on any atom is -0.376 e. The van der Waals surface area contributed by atoms with Gasteiger partial charge in [-0.15, -0.1) is 0 Å². The van der Waals surface area contributed by atoms with E-state index >= 15 is 4.79 Å². The van der Waals surface area contributed by atoms with Crippen molar-refractivity contribution in [1.82, 2.24) is 31.1 Å². The van der Waals surface area contributed by atoms with Crippen LogP contribution < -0.4 is 21.3 Å². The first-order valence-corrected chi connectivity index (χ1v) is 21.5. The molecule has 5 rings (SSSR count). The Balaban J connectivity index is 1.40. The van der Waals surface area contributed by atoms with Crippen LogP contribution in [0.25, 0.3) is 0 Å². The van der Waals surface area contributed by atoms with Crippen LogP contribution in [0, 0.1) is 32.5 Å². The van der Waals surface area contributed by atoms with Crippen molar-refractivity contribution in [1.29, 1.82) is 5.41 Å². The molecule has 11 nitrogen and oxygen atoms in total. The van der Waals surface area contributed by atoms with Gasteiger partial charge in [-0.3, -0.25) is 29.5 Å². The Labute approximate surface area is 332 Å². The molecule has 5 fully saturated rings. The number of amides is 4. The van der Waals surface area contributed by atoms with Crippen molar-refractivity contribution >= 4 is 29.3 Å².